The lowest BCUT2D eigenvalue weighted by molar-refractivity contribution is 0.0357. The molecule has 2 aliphatic carbocycles. The first kappa shape index (κ1) is 15.8. The molecule has 0 heterocycles. The van der Waals surface area contributed by atoms with Crippen molar-refractivity contribution in [2.75, 3.05) is 0 Å². The third kappa shape index (κ3) is 4.19. The summed E-state index contributed by atoms with van der Waals surface area (Å²) in [4.78, 5) is 0. The van der Waals surface area contributed by atoms with Crippen LogP contribution in [0.3, 0.4) is 0 Å². The third-order valence-corrected chi connectivity index (χ3v) is 9.07. The summed E-state index contributed by atoms with van der Waals surface area (Å²) in [6.07, 6.45) is 8.01. The van der Waals surface area contributed by atoms with Gasteiger partial charge < -0.3 is 5.11 Å². The average Bonchev–Trinajstić information content (AvgIpc) is 2.37. The molecule has 2 atom stereocenters. The highest BCUT2D eigenvalue weighted by Gasteiger charge is 2.33. The molecule has 2 saturated carbocycles. The van der Waals surface area contributed by atoms with Crippen LogP contribution in [0.5, 0.6) is 0 Å². The molecule has 106 valence electrons. The summed E-state index contributed by atoms with van der Waals surface area (Å²) in [5.41, 5.74) is 0. The molecule has 2 fully saturated rings. The van der Waals surface area contributed by atoms with Crippen LogP contribution < -0.4 is 0 Å². The van der Waals surface area contributed by atoms with Gasteiger partial charge in [-0.15, -0.1) is 0 Å². The van der Waals surface area contributed by atoms with Gasteiger partial charge in [0.05, 0.1) is 6.10 Å². The van der Waals surface area contributed by atoms with E-state index >= 15 is 0 Å². The third-order valence-electron chi connectivity index (χ3n) is 4.57. The van der Waals surface area contributed by atoms with Crippen LogP contribution in [0.2, 0.25) is 0 Å². The van der Waals surface area contributed by atoms with Crippen LogP contribution in [0.4, 0.5) is 0 Å². The molecule has 0 amide bonds. The lowest BCUT2D eigenvalue weighted by Gasteiger charge is -2.38. The van der Waals surface area contributed by atoms with Gasteiger partial charge in [0.25, 0.3) is 0 Å². The molecular formula is C14H25IOS2. The van der Waals surface area contributed by atoms with E-state index in [-0.39, 0.29) is 6.10 Å². The maximum Gasteiger partial charge on any atom is 0.0592 e. The van der Waals surface area contributed by atoms with Crippen molar-refractivity contribution in [3.8, 4) is 0 Å². The van der Waals surface area contributed by atoms with Gasteiger partial charge in [-0.3, -0.25) is 0 Å². The smallest absolute Gasteiger partial charge is 0.0592 e. The van der Waals surface area contributed by atoms with Crippen LogP contribution in [-0.4, -0.2) is 27.0 Å². The molecule has 0 bridgehead atoms. The zero-order valence-electron chi connectivity index (χ0n) is 11.3. The largest absolute Gasteiger partial charge is 0.393 e. The standard InChI is InChI=1S/C14H25IOS2/c1-9-7-13(8-10(2)14(9)16)17-11-3-5-12(18-15)6-4-11/h9-14,16H,3-8H2,1-2H3. The van der Waals surface area contributed by atoms with E-state index in [0.29, 0.717) is 11.8 Å². The minimum Gasteiger partial charge on any atom is -0.393 e. The van der Waals surface area contributed by atoms with E-state index in [1.54, 1.807) is 0 Å². The minimum absolute atomic E-state index is 0.0620. The van der Waals surface area contributed by atoms with E-state index < -0.39 is 0 Å². The van der Waals surface area contributed by atoms with Crippen molar-refractivity contribution in [1.29, 1.82) is 0 Å². The van der Waals surface area contributed by atoms with Gasteiger partial charge in [0.2, 0.25) is 0 Å². The Bertz CT molecular complexity index is 244. The summed E-state index contributed by atoms with van der Waals surface area (Å²) >= 11 is 4.70. The van der Waals surface area contributed by atoms with E-state index in [9.17, 15) is 5.11 Å². The molecule has 2 unspecified atom stereocenters. The quantitative estimate of drug-likeness (QED) is 0.680. The van der Waals surface area contributed by atoms with Gasteiger partial charge in [0.1, 0.15) is 0 Å². The predicted octanol–water partition coefficient (Wildman–Crippen LogP) is 4.91. The van der Waals surface area contributed by atoms with Crippen LogP contribution >= 0.6 is 41.9 Å². The van der Waals surface area contributed by atoms with Crippen molar-refractivity contribution in [1.82, 2.24) is 0 Å². The first-order chi connectivity index (χ1) is 8.60. The van der Waals surface area contributed by atoms with Crippen LogP contribution in [0.15, 0.2) is 0 Å². The van der Waals surface area contributed by atoms with Crippen molar-refractivity contribution >= 4 is 41.9 Å². The summed E-state index contributed by atoms with van der Waals surface area (Å²) in [5, 5.41) is 12.6. The topological polar surface area (TPSA) is 20.2 Å². The highest BCUT2D eigenvalue weighted by Crippen LogP contribution is 2.42. The van der Waals surface area contributed by atoms with E-state index in [1.165, 1.54) is 38.5 Å². The molecule has 0 aromatic carbocycles. The molecule has 2 aliphatic rings. The highest BCUT2D eigenvalue weighted by atomic mass is 127. The molecule has 4 heteroatoms. The Balaban J connectivity index is 1.77. The lowest BCUT2D eigenvalue weighted by Crippen LogP contribution is -2.36. The van der Waals surface area contributed by atoms with Gasteiger partial charge in [-0.25, -0.2) is 0 Å². The van der Waals surface area contributed by atoms with Gasteiger partial charge in [0.15, 0.2) is 0 Å². The number of hydrogen-bond donors (Lipinski definition) is 1. The fraction of sp³-hybridized carbons (Fsp3) is 1.00. The molecule has 2 rings (SSSR count). The summed E-state index contributed by atoms with van der Waals surface area (Å²) in [7, 11) is 2.02. The zero-order chi connectivity index (χ0) is 13.1. The van der Waals surface area contributed by atoms with Gasteiger partial charge in [0, 0.05) is 15.7 Å². The Morgan fingerprint density at radius 3 is 1.89 bits per heavy atom. The predicted molar refractivity (Wildman–Crippen MR) is 92.6 cm³/mol. The Labute approximate surface area is 132 Å². The van der Waals surface area contributed by atoms with Crippen molar-refractivity contribution in [2.45, 2.75) is 74.2 Å². The van der Waals surface area contributed by atoms with Gasteiger partial charge in [-0.05, 0) is 71.6 Å². The van der Waals surface area contributed by atoms with E-state index in [1.807, 2.05) is 8.93 Å². The first-order valence-electron chi connectivity index (χ1n) is 7.21. The Hall–Kier alpha value is 1.39. The average molecular weight is 400 g/mol. The molecule has 0 aromatic heterocycles. The van der Waals surface area contributed by atoms with E-state index in [2.05, 4.69) is 46.8 Å². The Morgan fingerprint density at radius 2 is 1.39 bits per heavy atom. The molecule has 0 aromatic rings. The van der Waals surface area contributed by atoms with Crippen molar-refractivity contribution in [3.05, 3.63) is 0 Å². The van der Waals surface area contributed by atoms with Crippen molar-refractivity contribution in [2.24, 2.45) is 11.8 Å². The molecule has 18 heavy (non-hydrogen) atoms. The fourth-order valence-corrected chi connectivity index (χ4v) is 7.30. The number of rotatable bonds is 3. The molecule has 0 radical (unpaired) electrons. The summed E-state index contributed by atoms with van der Waals surface area (Å²) in [6.45, 7) is 4.44. The second kappa shape index (κ2) is 7.41. The van der Waals surface area contributed by atoms with Gasteiger partial charge in [-0.1, -0.05) is 22.8 Å². The molecule has 0 aliphatic heterocycles. The maximum absolute atomic E-state index is 10.0. The van der Waals surface area contributed by atoms with Crippen molar-refractivity contribution in [3.63, 3.8) is 0 Å². The van der Waals surface area contributed by atoms with Crippen LogP contribution in [0.25, 0.3) is 0 Å². The summed E-state index contributed by atoms with van der Waals surface area (Å²) < 4.78 is 0. The fourth-order valence-electron chi connectivity index (χ4n) is 3.41. The highest BCUT2D eigenvalue weighted by molar-refractivity contribution is 14.2. The lowest BCUT2D eigenvalue weighted by atomic mass is 9.80. The van der Waals surface area contributed by atoms with Gasteiger partial charge in [-0.2, -0.15) is 11.8 Å². The molecule has 0 spiro atoms. The van der Waals surface area contributed by atoms with Crippen molar-refractivity contribution < 1.29 is 5.11 Å². The number of aliphatic hydroxyl groups is 1. The normalized spacial score (nSPS) is 46.0. The van der Waals surface area contributed by atoms with Crippen LogP contribution in [0.1, 0.15) is 52.4 Å². The number of thioether (sulfide) groups is 1. The zero-order valence-corrected chi connectivity index (χ0v) is 15.1. The summed E-state index contributed by atoms with van der Waals surface area (Å²) in [6, 6.07) is 0. The van der Waals surface area contributed by atoms with Crippen LogP contribution in [0, 0.1) is 11.8 Å². The molecular weight excluding hydrogens is 375 g/mol. The number of halogens is 1. The van der Waals surface area contributed by atoms with Crippen LogP contribution in [-0.2, 0) is 0 Å². The molecule has 1 nitrogen and oxygen atoms in total. The monoisotopic (exact) mass is 400 g/mol. The van der Waals surface area contributed by atoms with E-state index in [4.69, 9.17) is 0 Å². The van der Waals surface area contributed by atoms with E-state index in [0.717, 1.165) is 15.7 Å². The van der Waals surface area contributed by atoms with Gasteiger partial charge >= 0.3 is 0 Å². The minimum atomic E-state index is -0.0620. The SMILES string of the molecule is CC1CC(SC2CCC(SI)CC2)CC(C)C1O. The number of aliphatic hydroxyl groups excluding tert-OH is 1. The second-order valence-electron chi connectivity index (χ2n) is 6.16. The molecule has 1 N–H and O–H groups in total. The number of hydrogen-bond acceptors (Lipinski definition) is 3. The summed E-state index contributed by atoms with van der Waals surface area (Å²) in [5.74, 6) is 0.986. The Kier molecular flexibility index (Phi) is 6.50. The second-order valence-corrected chi connectivity index (χ2v) is 10.1. The first-order valence-corrected chi connectivity index (χ1v) is 11.6. The maximum atomic E-state index is 10.0. The Morgan fingerprint density at radius 1 is 0.889 bits per heavy atom. The molecule has 0 saturated heterocycles.